The summed E-state index contributed by atoms with van der Waals surface area (Å²) in [5.41, 5.74) is -0.128. The third-order valence-corrected chi connectivity index (χ3v) is 3.13. The monoisotopic (exact) mass is 272 g/mol. The van der Waals surface area contributed by atoms with E-state index in [2.05, 4.69) is 36.1 Å². The van der Waals surface area contributed by atoms with Crippen molar-refractivity contribution in [1.29, 1.82) is 0 Å². The van der Waals surface area contributed by atoms with E-state index in [0.29, 0.717) is 4.47 Å². The van der Waals surface area contributed by atoms with Gasteiger partial charge in [-0.05, 0) is 28.9 Å². The number of rotatable bonds is 1. The van der Waals surface area contributed by atoms with Crippen molar-refractivity contribution in [2.75, 3.05) is 31.1 Å². The van der Waals surface area contributed by atoms with Crippen LogP contribution in [0.15, 0.2) is 15.6 Å². The highest BCUT2D eigenvalue weighted by Gasteiger charge is 2.15. The third-order valence-electron chi connectivity index (χ3n) is 2.42. The number of H-pyrrole nitrogens is 1. The maximum Gasteiger partial charge on any atom is 0.267 e. The molecule has 0 unspecified atom stereocenters. The fourth-order valence-corrected chi connectivity index (χ4v) is 2.12. The van der Waals surface area contributed by atoms with Crippen LogP contribution >= 0.6 is 15.9 Å². The molecule has 1 aromatic rings. The zero-order chi connectivity index (χ0) is 10.7. The summed E-state index contributed by atoms with van der Waals surface area (Å²) in [7, 11) is 0. The zero-order valence-corrected chi connectivity index (χ0v) is 9.88. The van der Waals surface area contributed by atoms with Crippen LogP contribution in [-0.4, -0.2) is 36.1 Å². The van der Waals surface area contributed by atoms with Gasteiger partial charge in [0.05, 0.1) is 6.33 Å². The molecular weight excluding hydrogens is 260 g/mol. The first kappa shape index (κ1) is 10.6. The van der Waals surface area contributed by atoms with E-state index in [1.165, 1.54) is 6.33 Å². The van der Waals surface area contributed by atoms with Gasteiger partial charge < -0.3 is 15.2 Å². The average molecular weight is 273 g/mol. The van der Waals surface area contributed by atoms with E-state index in [-0.39, 0.29) is 5.56 Å². The van der Waals surface area contributed by atoms with Gasteiger partial charge in [-0.25, -0.2) is 4.98 Å². The highest BCUT2D eigenvalue weighted by Crippen LogP contribution is 2.19. The first-order chi connectivity index (χ1) is 7.29. The summed E-state index contributed by atoms with van der Waals surface area (Å²) in [6.45, 7) is 3.77. The van der Waals surface area contributed by atoms with Gasteiger partial charge in [0.15, 0.2) is 0 Å². The van der Waals surface area contributed by atoms with Crippen LogP contribution in [0.2, 0.25) is 0 Å². The van der Waals surface area contributed by atoms with E-state index in [9.17, 15) is 4.79 Å². The molecule has 6 heteroatoms. The summed E-state index contributed by atoms with van der Waals surface area (Å²) < 4.78 is 0.520. The Morgan fingerprint density at radius 2 is 2.27 bits per heavy atom. The lowest BCUT2D eigenvalue weighted by molar-refractivity contribution is 0.724. The summed E-state index contributed by atoms with van der Waals surface area (Å²) >= 11 is 3.27. The Bertz CT molecular complexity index is 384. The highest BCUT2D eigenvalue weighted by molar-refractivity contribution is 9.10. The van der Waals surface area contributed by atoms with Crippen LogP contribution in [0.25, 0.3) is 0 Å². The number of aromatic amines is 1. The minimum Gasteiger partial charge on any atom is -0.354 e. The summed E-state index contributed by atoms with van der Waals surface area (Å²) in [5.74, 6) is 0.738. The van der Waals surface area contributed by atoms with Crippen LogP contribution in [0.4, 0.5) is 5.82 Å². The fraction of sp³-hybridized carbons (Fsp3) is 0.556. The molecule has 82 valence electrons. The Morgan fingerprint density at radius 3 is 3.13 bits per heavy atom. The molecule has 2 heterocycles. The van der Waals surface area contributed by atoms with Crippen molar-refractivity contribution >= 4 is 21.7 Å². The number of nitrogens with zero attached hydrogens (tertiary/aromatic N) is 2. The van der Waals surface area contributed by atoms with Gasteiger partial charge in [-0.3, -0.25) is 4.79 Å². The Morgan fingerprint density at radius 1 is 1.40 bits per heavy atom. The van der Waals surface area contributed by atoms with E-state index in [1.807, 2.05) is 0 Å². The Labute approximate surface area is 96.0 Å². The number of hydrogen-bond acceptors (Lipinski definition) is 4. The van der Waals surface area contributed by atoms with E-state index in [4.69, 9.17) is 0 Å². The van der Waals surface area contributed by atoms with Crippen molar-refractivity contribution < 1.29 is 0 Å². The Balaban J connectivity index is 2.27. The van der Waals surface area contributed by atoms with Gasteiger partial charge in [0.2, 0.25) is 0 Å². The first-order valence-electron chi connectivity index (χ1n) is 4.98. The minimum atomic E-state index is -0.128. The lowest BCUT2D eigenvalue weighted by Gasteiger charge is -2.21. The molecule has 0 amide bonds. The van der Waals surface area contributed by atoms with Gasteiger partial charge in [0.1, 0.15) is 10.3 Å². The summed E-state index contributed by atoms with van der Waals surface area (Å²) in [4.78, 5) is 20.2. The number of nitrogens with one attached hydrogen (secondary N) is 2. The molecule has 2 rings (SSSR count). The summed E-state index contributed by atoms with van der Waals surface area (Å²) in [5, 5.41) is 3.31. The molecule has 5 nitrogen and oxygen atoms in total. The number of aromatic nitrogens is 2. The molecule has 2 N–H and O–H groups in total. The number of hydrogen-bond donors (Lipinski definition) is 2. The second-order valence-electron chi connectivity index (χ2n) is 3.46. The quantitative estimate of drug-likeness (QED) is 0.774. The second kappa shape index (κ2) is 4.76. The molecule has 1 saturated heterocycles. The molecule has 1 fully saturated rings. The smallest absolute Gasteiger partial charge is 0.267 e. The van der Waals surface area contributed by atoms with E-state index < -0.39 is 0 Å². The van der Waals surface area contributed by atoms with Gasteiger partial charge >= 0.3 is 0 Å². The molecule has 15 heavy (non-hydrogen) atoms. The highest BCUT2D eigenvalue weighted by atomic mass is 79.9. The standard InChI is InChI=1S/C9H13BrN4O/c10-7-8(12-6-13-9(7)15)14-4-1-2-11-3-5-14/h6,11H,1-5H2,(H,12,13,15). The lowest BCUT2D eigenvalue weighted by Crippen LogP contribution is -2.30. The van der Waals surface area contributed by atoms with Crippen LogP contribution in [0, 0.1) is 0 Å². The molecule has 0 radical (unpaired) electrons. The topological polar surface area (TPSA) is 61.0 Å². The Kier molecular flexibility index (Phi) is 3.37. The van der Waals surface area contributed by atoms with Gasteiger partial charge in [-0.1, -0.05) is 0 Å². The first-order valence-corrected chi connectivity index (χ1v) is 5.77. The van der Waals surface area contributed by atoms with Crippen molar-refractivity contribution in [3.8, 4) is 0 Å². The molecule has 0 saturated carbocycles. The van der Waals surface area contributed by atoms with E-state index >= 15 is 0 Å². The molecule has 0 bridgehead atoms. The molecule has 0 aliphatic carbocycles. The van der Waals surface area contributed by atoms with Crippen molar-refractivity contribution in [3.05, 3.63) is 21.2 Å². The summed E-state index contributed by atoms with van der Waals surface area (Å²) in [6.07, 6.45) is 2.52. The molecule has 0 spiro atoms. The maximum atomic E-state index is 11.4. The molecule has 0 atom stereocenters. The number of anilines is 1. The van der Waals surface area contributed by atoms with Gasteiger partial charge in [0.25, 0.3) is 5.56 Å². The van der Waals surface area contributed by atoms with Crippen LogP contribution in [0.5, 0.6) is 0 Å². The van der Waals surface area contributed by atoms with Crippen molar-refractivity contribution in [3.63, 3.8) is 0 Å². The molecule has 1 aliphatic heterocycles. The maximum absolute atomic E-state index is 11.4. The molecule has 1 aromatic heterocycles. The van der Waals surface area contributed by atoms with Crippen LogP contribution in [-0.2, 0) is 0 Å². The molecular formula is C9H13BrN4O. The van der Waals surface area contributed by atoms with Crippen LogP contribution < -0.4 is 15.8 Å². The summed E-state index contributed by atoms with van der Waals surface area (Å²) in [6, 6.07) is 0. The fourth-order valence-electron chi connectivity index (χ4n) is 1.65. The SMILES string of the molecule is O=c1[nH]cnc(N2CCCNCC2)c1Br. The third kappa shape index (κ3) is 2.38. The van der Waals surface area contributed by atoms with Crippen LogP contribution in [0.1, 0.15) is 6.42 Å². The molecule has 1 aliphatic rings. The van der Waals surface area contributed by atoms with Crippen molar-refractivity contribution in [2.45, 2.75) is 6.42 Å². The minimum absolute atomic E-state index is 0.128. The normalized spacial score (nSPS) is 17.5. The Hall–Kier alpha value is -0.880. The van der Waals surface area contributed by atoms with Gasteiger partial charge in [-0.15, -0.1) is 0 Å². The largest absolute Gasteiger partial charge is 0.354 e. The molecule has 0 aromatic carbocycles. The van der Waals surface area contributed by atoms with Gasteiger partial charge in [0, 0.05) is 19.6 Å². The van der Waals surface area contributed by atoms with Crippen molar-refractivity contribution in [1.82, 2.24) is 15.3 Å². The van der Waals surface area contributed by atoms with Gasteiger partial charge in [-0.2, -0.15) is 0 Å². The predicted octanol–water partition coefficient (Wildman–Crippen LogP) is 0.332. The predicted molar refractivity (Wildman–Crippen MR) is 62.3 cm³/mol. The van der Waals surface area contributed by atoms with Crippen LogP contribution in [0.3, 0.4) is 0 Å². The second-order valence-corrected chi connectivity index (χ2v) is 4.25. The van der Waals surface area contributed by atoms with Crippen molar-refractivity contribution in [2.24, 2.45) is 0 Å². The van der Waals surface area contributed by atoms with E-state index in [1.54, 1.807) is 0 Å². The van der Waals surface area contributed by atoms with E-state index in [0.717, 1.165) is 38.4 Å². The zero-order valence-electron chi connectivity index (χ0n) is 8.29. The number of halogens is 1. The lowest BCUT2D eigenvalue weighted by atomic mass is 10.4. The average Bonchev–Trinajstić information content (AvgIpc) is 2.50.